The second-order valence-electron chi connectivity index (χ2n) is 4.85. The molecule has 10 heteroatoms. The molecule has 1 aliphatic heterocycles. The third-order valence-electron chi connectivity index (χ3n) is 3.48. The monoisotopic (exact) mass is 310 g/mol. The molecule has 0 saturated carbocycles. The molecule has 21 heavy (non-hydrogen) atoms. The number of hydrogen-bond donors (Lipinski definition) is 3. The van der Waals surface area contributed by atoms with Crippen LogP contribution < -0.4 is 11.2 Å². The number of H-pyrrole nitrogens is 1. The van der Waals surface area contributed by atoms with Crippen molar-refractivity contribution in [2.24, 2.45) is 0 Å². The normalized spacial score (nSPS) is 29.8. The Morgan fingerprint density at radius 3 is 2.62 bits per heavy atom. The van der Waals surface area contributed by atoms with Crippen LogP contribution in [0.3, 0.4) is 0 Å². The summed E-state index contributed by atoms with van der Waals surface area (Å²) >= 11 is 0. The number of hydrogen-bond acceptors (Lipinski definition) is 5. The van der Waals surface area contributed by atoms with Gasteiger partial charge in [0.25, 0.3) is 5.56 Å². The highest BCUT2D eigenvalue weighted by molar-refractivity contribution is 5.05. The SMILES string of the molecule is Cc1cn([C@H]2C[C@H](O)[C@](CO)(C(F)(F)F)O2)c(=O)[nH]c1=O. The first-order valence-electron chi connectivity index (χ1n) is 5.98. The van der Waals surface area contributed by atoms with Gasteiger partial charge in [0.05, 0.1) is 12.7 Å². The molecule has 2 rings (SSSR count). The molecule has 1 aliphatic rings. The van der Waals surface area contributed by atoms with Gasteiger partial charge < -0.3 is 14.9 Å². The zero-order valence-corrected chi connectivity index (χ0v) is 10.8. The molecule has 0 unspecified atom stereocenters. The zero-order chi connectivity index (χ0) is 16.0. The quantitative estimate of drug-likeness (QED) is 0.678. The summed E-state index contributed by atoms with van der Waals surface area (Å²) in [4.78, 5) is 24.8. The van der Waals surface area contributed by atoms with E-state index < -0.39 is 48.4 Å². The summed E-state index contributed by atoms with van der Waals surface area (Å²) in [5.41, 5.74) is -4.68. The van der Waals surface area contributed by atoms with Gasteiger partial charge in [0, 0.05) is 18.2 Å². The van der Waals surface area contributed by atoms with Crippen LogP contribution in [0.4, 0.5) is 13.2 Å². The Hall–Kier alpha value is -1.65. The van der Waals surface area contributed by atoms with E-state index in [0.29, 0.717) is 0 Å². The van der Waals surface area contributed by atoms with E-state index in [1.807, 2.05) is 4.98 Å². The minimum absolute atomic E-state index is 0.0983. The van der Waals surface area contributed by atoms with Crippen molar-refractivity contribution in [1.29, 1.82) is 0 Å². The number of nitrogens with one attached hydrogen (secondary N) is 1. The van der Waals surface area contributed by atoms with Gasteiger partial charge in [0.15, 0.2) is 0 Å². The van der Waals surface area contributed by atoms with Crippen molar-refractivity contribution in [2.75, 3.05) is 6.61 Å². The van der Waals surface area contributed by atoms with E-state index in [4.69, 9.17) is 9.84 Å². The number of alkyl halides is 3. The van der Waals surface area contributed by atoms with Crippen LogP contribution in [0.5, 0.6) is 0 Å². The Balaban J connectivity index is 2.45. The number of aromatic amines is 1. The number of halogens is 3. The van der Waals surface area contributed by atoms with E-state index in [1.54, 1.807) is 0 Å². The van der Waals surface area contributed by atoms with Crippen LogP contribution in [0.2, 0.25) is 0 Å². The molecule has 1 fully saturated rings. The molecular formula is C11H13F3N2O5. The van der Waals surface area contributed by atoms with Crippen molar-refractivity contribution in [2.45, 2.75) is 37.5 Å². The first-order chi connectivity index (χ1) is 9.62. The maximum Gasteiger partial charge on any atom is 0.422 e. The fraction of sp³-hybridized carbons (Fsp3) is 0.636. The van der Waals surface area contributed by atoms with E-state index in [2.05, 4.69) is 0 Å². The maximum atomic E-state index is 13.0. The molecule has 0 aromatic carbocycles. The summed E-state index contributed by atoms with van der Waals surface area (Å²) in [6.45, 7) is -0.117. The van der Waals surface area contributed by atoms with E-state index in [1.165, 1.54) is 6.92 Å². The number of aryl methyl sites for hydroxylation is 1. The van der Waals surface area contributed by atoms with Crippen LogP contribution in [-0.2, 0) is 4.74 Å². The molecule has 1 aromatic rings. The van der Waals surface area contributed by atoms with Gasteiger partial charge in [-0.25, -0.2) is 4.79 Å². The minimum atomic E-state index is -5.02. The second-order valence-corrected chi connectivity index (χ2v) is 4.85. The molecular weight excluding hydrogens is 297 g/mol. The van der Waals surface area contributed by atoms with Gasteiger partial charge in [0.2, 0.25) is 5.60 Å². The fourth-order valence-electron chi connectivity index (χ4n) is 2.21. The van der Waals surface area contributed by atoms with Crippen molar-refractivity contribution >= 4 is 0 Å². The lowest BCUT2D eigenvalue weighted by atomic mass is 9.97. The smallest absolute Gasteiger partial charge is 0.393 e. The Morgan fingerprint density at radius 2 is 2.14 bits per heavy atom. The van der Waals surface area contributed by atoms with E-state index in [9.17, 15) is 27.9 Å². The Labute approximate surface area is 115 Å². The summed E-state index contributed by atoms with van der Waals surface area (Å²) in [6, 6.07) is 0. The lowest BCUT2D eigenvalue weighted by Crippen LogP contribution is -2.55. The molecule has 7 nitrogen and oxygen atoms in total. The third kappa shape index (κ3) is 2.39. The average molecular weight is 310 g/mol. The second kappa shape index (κ2) is 4.97. The average Bonchev–Trinajstić information content (AvgIpc) is 2.71. The predicted molar refractivity (Wildman–Crippen MR) is 62.7 cm³/mol. The molecule has 0 aliphatic carbocycles. The summed E-state index contributed by atoms with van der Waals surface area (Å²) in [5.74, 6) is 0. The molecule has 2 heterocycles. The van der Waals surface area contributed by atoms with Gasteiger partial charge in [-0.2, -0.15) is 13.2 Å². The van der Waals surface area contributed by atoms with Crippen molar-refractivity contribution in [3.05, 3.63) is 32.6 Å². The molecule has 0 spiro atoms. The lowest BCUT2D eigenvalue weighted by Gasteiger charge is -2.32. The van der Waals surface area contributed by atoms with E-state index in [0.717, 1.165) is 10.8 Å². The van der Waals surface area contributed by atoms with Gasteiger partial charge in [-0.15, -0.1) is 0 Å². The third-order valence-corrected chi connectivity index (χ3v) is 3.48. The Kier molecular flexibility index (Phi) is 3.72. The van der Waals surface area contributed by atoms with Gasteiger partial charge >= 0.3 is 11.9 Å². The highest BCUT2D eigenvalue weighted by Gasteiger charge is 2.65. The number of aliphatic hydroxyl groups is 2. The van der Waals surface area contributed by atoms with Crippen LogP contribution >= 0.6 is 0 Å². The van der Waals surface area contributed by atoms with Crippen LogP contribution in [0.15, 0.2) is 15.8 Å². The van der Waals surface area contributed by atoms with E-state index >= 15 is 0 Å². The Morgan fingerprint density at radius 1 is 1.52 bits per heavy atom. The number of ether oxygens (including phenoxy) is 1. The van der Waals surface area contributed by atoms with Gasteiger partial charge in [-0.05, 0) is 6.92 Å². The lowest BCUT2D eigenvalue weighted by molar-refractivity contribution is -0.305. The first kappa shape index (κ1) is 15.7. The standard InChI is InChI=1S/C11H13F3N2O5/c1-5-3-16(9(20)15-8(5)19)7-2-6(18)10(4-17,21-7)11(12,13)14/h3,6-7,17-18H,2,4H2,1H3,(H,15,19,20)/t6-,7+,10+/m0/s1. The predicted octanol–water partition coefficient (Wildman–Crippen LogP) is -0.582. The summed E-state index contributed by atoms with van der Waals surface area (Å²) in [7, 11) is 0. The van der Waals surface area contributed by atoms with Crippen molar-refractivity contribution in [3.63, 3.8) is 0 Å². The number of aliphatic hydroxyl groups excluding tert-OH is 2. The molecule has 118 valence electrons. The van der Waals surface area contributed by atoms with Gasteiger partial charge in [-0.1, -0.05) is 0 Å². The van der Waals surface area contributed by atoms with Gasteiger partial charge in [0.1, 0.15) is 6.23 Å². The van der Waals surface area contributed by atoms with Crippen molar-refractivity contribution < 1.29 is 28.1 Å². The molecule has 3 N–H and O–H groups in total. The Bertz CT molecular complexity index is 652. The summed E-state index contributed by atoms with van der Waals surface area (Å²) in [5, 5.41) is 18.6. The topological polar surface area (TPSA) is 105 Å². The highest BCUT2D eigenvalue weighted by atomic mass is 19.4. The van der Waals surface area contributed by atoms with Crippen molar-refractivity contribution in [1.82, 2.24) is 9.55 Å². The van der Waals surface area contributed by atoms with Gasteiger partial charge in [-0.3, -0.25) is 14.3 Å². The molecule has 0 bridgehead atoms. The molecule has 0 amide bonds. The molecule has 0 radical (unpaired) electrons. The number of aromatic nitrogens is 2. The van der Waals surface area contributed by atoms with Crippen molar-refractivity contribution in [3.8, 4) is 0 Å². The maximum absolute atomic E-state index is 13.0. The van der Waals surface area contributed by atoms with Crippen LogP contribution in [0.25, 0.3) is 0 Å². The largest absolute Gasteiger partial charge is 0.422 e. The number of rotatable bonds is 2. The highest BCUT2D eigenvalue weighted by Crippen LogP contribution is 2.46. The van der Waals surface area contributed by atoms with Crippen LogP contribution in [0, 0.1) is 6.92 Å². The fourth-order valence-corrected chi connectivity index (χ4v) is 2.21. The summed E-state index contributed by atoms with van der Waals surface area (Å²) < 4.78 is 44.5. The van der Waals surface area contributed by atoms with Crippen LogP contribution in [-0.4, -0.2) is 44.3 Å². The van der Waals surface area contributed by atoms with Crippen LogP contribution in [0.1, 0.15) is 18.2 Å². The molecule has 1 aromatic heterocycles. The number of nitrogens with zero attached hydrogens (tertiary/aromatic N) is 1. The summed E-state index contributed by atoms with van der Waals surface area (Å²) in [6.07, 6.45) is -8.01. The molecule has 3 atom stereocenters. The zero-order valence-electron chi connectivity index (χ0n) is 10.8. The minimum Gasteiger partial charge on any atom is -0.393 e. The van der Waals surface area contributed by atoms with E-state index in [-0.39, 0.29) is 5.56 Å². The molecule has 1 saturated heterocycles. The first-order valence-corrected chi connectivity index (χ1v) is 5.98.